The number of carbonyl (C=O) groups is 2. The second-order valence-corrected chi connectivity index (χ2v) is 21.7. The molecule has 0 bridgehead atoms. The van der Waals surface area contributed by atoms with Crippen molar-refractivity contribution in [2.24, 2.45) is 0 Å². The molecule has 0 aromatic heterocycles. The molecule has 0 spiro atoms. The highest BCUT2D eigenvalue weighted by molar-refractivity contribution is 6.74. The number of hydrogen-bond donors (Lipinski definition) is 0. The van der Waals surface area contributed by atoms with E-state index in [4.69, 9.17) is 13.6 Å². The summed E-state index contributed by atoms with van der Waals surface area (Å²) in [4.78, 5) is 27.1. The minimum Gasteiger partial charge on any atom is -0.443 e. The van der Waals surface area contributed by atoms with Gasteiger partial charge in [-0.05, 0) is 57.0 Å². The van der Waals surface area contributed by atoms with Crippen LogP contribution in [0.2, 0.25) is 36.3 Å². The summed E-state index contributed by atoms with van der Waals surface area (Å²) in [5, 5.41) is -0.0783. The van der Waals surface area contributed by atoms with E-state index in [2.05, 4.69) is 67.7 Å². The number of hydrogen-bond acceptors (Lipinski definition) is 5. The van der Waals surface area contributed by atoms with Crippen LogP contribution in [-0.4, -0.2) is 57.9 Å². The maximum absolute atomic E-state index is 13.2. The third-order valence-corrected chi connectivity index (χ3v) is 15.3. The molecule has 0 N–H and O–H groups in total. The number of amides is 2. The zero-order valence-electron chi connectivity index (χ0n) is 20.9. The Morgan fingerprint density at radius 3 is 1.66 bits per heavy atom. The van der Waals surface area contributed by atoms with Crippen molar-refractivity contribution in [2.75, 3.05) is 6.54 Å². The first-order valence-electron chi connectivity index (χ1n) is 10.5. The Morgan fingerprint density at radius 2 is 1.28 bits per heavy atom. The van der Waals surface area contributed by atoms with Gasteiger partial charge in [-0.2, -0.15) is 0 Å². The summed E-state index contributed by atoms with van der Waals surface area (Å²) in [5.41, 5.74) is -0.675. The molecule has 1 aliphatic rings. The average Bonchev–Trinajstić information content (AvgIpc) is 2.71. The molecule has 0 aromatic rings. The van der Waals surface area contributed by atoms with Gasteiger partial charge in [0.2, 0.25) is 0 Å². The second-order valence-electron chi connectivity index (χ2n) is 12.1. The van der Waals surface area contributed by atoms with Crippen LogP contribution >= 0.6 is 0 Å². The molecule has 0 unspecified atom stereocenters. The summed E-state index contributed by atoms with van der Waals surface area (Å²) in [6.45, 7) is 26.9. The predicted molar refractivity (Wildman–Crippen MR) is 122 cm³/mol. The summed E-state index contributed by atoms with van der Waals surface area (Å²) in [7, 11) is -4.42. The number of nitrogens with zero attached hydrogens (tertiary/aromatic N) is 1. The maximum atomic E-state index is 13.2. The summed E-state index contributed by atoms with van der Waals surface area (Å²) in [6, 6.07) is 0. The first-order valence-corrected chi connectivity index (χ1v) is 16.3. The normalized spacial score (nSPS) is 22.2. The minimum atomic E-state index is -2.25. The van der Waals surface area contributed by atoms with Crippen molar-refractivity contribution in [3.8, 4) is 0 Å². The van der Waals surface area contributed by atoms with E-state index >= 15 is 0 Å². The highest BCUT2D eigenvalue weighted by Gasteiger charge is 2.53. The Kier molecular flexibility index (Phi) is 7.35. The lowest BCUT2D eigenvalue weighted by Crippen LogP contribution is -2.52. The van der Waals surface area contributed by atoms with Crippen LogP contribution in [0.1, 0.15) is 62.3 Å². The fourth-order valence-corrected chi connectivity index (χ4v) is 4.98. The van der Waals surface area contributed by atoms with Gasteiger partial charge in [0.25, 0.3) is 5.91 Å². The maximum Gasteiger partial charge on any atom is 0.417 e. The fourth-order valence-electron chi connectivity index (χ4n) is 2.43. The standard InChI is InChI=1S/C21H43NO5Si2/c1-19(2,3)25-18(24)22-14-15(26-28(10,11)20(4,5)6)16(17(22)23)27-29(12,13)21(7,8)9/h15-16H,14H2,1-13H3/t15-,16+/m0/s1. The smallest absolute Gasteiger partial charge is 0.417 e. The lowest BCUT2D eigenvalue weighted by molar-refractivity contribution is -0.134. The first kappa shape index (κ1) is 26.3. The van der Waals surface area contributed by atoms with Gasteiger partial charge in [-0.3, -0.25) is 4.79 Å². The van der Waals surface area contributed by atoms with Crippen molar-refractivity contribution in [2.45, 2.75) is 116 Å². The summed E-state index contributed by atoms with van der Waals surface area (Å²) >= 11 is 0. The number of likely N-dealkylation sites (tertiary alicyclic amines) is 1. The van der Waals surface area contributed by atoms with E-state index in [1.807, 2.05) is 0 Å². The molecule has 0 aromatic carbocycles. The van der Waals surface area contributed by atoms with E-state index in [0.717, 1.165) is 0 Å². The van der Waals surface area contributed by atoms with Crippen molar-refractivity contribution >= 4 is 28.6 Å². The van der Waals surface area contributed by atoms with Crippen LogP contribution in [0.25, 0.3) is 0 Å². The average molecular weight is 446 g/mol. The fraction of sp³-hybridized carbons (Fsp3) is 0.905. The van der Waals surface area contributed by atoms with Crippen LogP contribution in [0.5, 0.6) is 0 Å². The van der Waals surface area contributed by atoms with Crippen LogP contribution in [0.15, 0.2) is 0 Å². The van der Waals surface area contributed by atoms with Crippen LogP contribution < -0.4 is 0 Å². The van der Waals surface area contributed by atoms with Gasteiger partial charge in [-0.25, -0.2) is 9.69 Å². The van der Waals surface area contributed by atoms with Crippen LogP contribution in [0.3, 0.4) is 0 Å². The SMILES string of the molecule is CC(C)(C)OC(=O)N1C[C@H](O[Si](C)(C)C(C)(C)C)[C@@H](O[Si](C)(C)C(C)(C)C)C1=O. The van der Waals surface area contributed by atoms with E-state index in [9.17, 15) is 9.59 Å². The Hall–Kier alpha value is -0.706. The van der Waals surface area contributed by atoms with Crippen molar-refractivity contribution in [1.29, 1.82) is 0 Å². The number of rotatable bonds is 4. The van der Waals surface area contributed by atoms with Gasteiger partial charge in [0.15, 0.2) is 22.7 Å². The van der Waals surface area contributed by atoms with Crippen LogP contribution in [0, 0.1) is 0 Å². The summed E-state index contributed by atoms with van der Waals surface area (Å²) in [6.07, 6.45) is -1.89. The Labute approximate surface area is 179 Å². The van der Waals surface area contributed by atoms with E-state index in [1.54, 1.807) is 20.8 Å². The van der Waals surface area contributed by atoms with E-state index in [1.165, 1.54) is 4.90 Å². The Morgan fingerprint density at radius 1 is 0.862 bits per heavy atom. The van der Waals surface area contributed by atoms with Crippen molar-refractivity contribution < 1.29 is 23.2 Å². The molecule has 1 saturated heterocycles. The molecule has 29 heavy (non-hydrogen) atoms. The van der Waals surface area contributed by atoms with Crippen LogP contribution in [0.4, 0.5) is 4.79 Å². The largest absolute Gasteiger partial charge is 0.443 e. The molecule has 0 aliphatic carbocycles. The van der Waals surface area contributed by atoms with E-state index in [-0.39, 0.29) is 22.5 Å². The van der Waals surface area contributed by atoms with Gasteiger partial charge in [0.05, 0.1) is 12.6 Å². The monoisotopic (exact) mass is 445 g/mol. The van der Waals surface area contributed by atoms with Crippen molar-refractivity contribution in [3.63, 3.8) is 0 Å². The van der Waals surface area contributed by atoms with E-state index in [0.29, 0.717) is 0 Å². The van der Waals surface area contributed by atoms with Gasteiger partial charge >= 0.3 is 6.09 Å². The molecule has 2 atom stereocenters. The van der Waals surface area contributed by atoms with Gasteiger partial charge in [-0.15, -0.1) is 0 Å². The molecule has 1 rings (SSSR count). The van der Waals surface area contributed by atoms with Gasteiger partial charge < -0.3 is 13.6 Å². The lowest BCUT2D eigenvalue weighted by Gasteiger charge is -2.42. The summed E-state index contributed by atoms with van der Waals surface area (Å²) < 4.78 is 18.5. The molecule has 8 heteroatoms. The number of carbonyl (C=O) groups excluding carboxylic acids is 2. The van der Waals surface area contributed by atoms with E-state index < -0.39 is 40.5 Å². The van der Waals surface area contributed by atoms with Gasteiger partial charge in [-0.1, -0.05) is 41.5 Å². The molecular weight excluding hydrogens is 402 g/mol. The first-order chi connectivity index (χ1) is 12.6. The predicted octanol–water partition coefficient (Wildman–Crippen LogP) is 5.54. The van der Waals surface area contributed by atoms with Crippen molar-refractivity contribution in [1.82, 2.24) is 4.90 Å². The highest BCUT2D eigenvalue weighted by atomic mass is 28.4. The number of ether oxygens (including phenoxy) is 1. The number of imide groups is 1. The van der Waals surface area contributed by atoms with Crippen molar-refractivity contribution in [3.05, 3.63) is 0 Å². The highest BCUT2D eigenvalue weighted by Crippen LogP contribution is 2.42. The molecule has 0 saturated carbocycles. The topological polar surface area (TPSA) is 65.1 Å². The third kappa shape index (κ3) is 6.39. The van der Waals surface area contributed by atoms with Gasteiger partial charge in [0.1, 0.15) is 5.60 Å². The third-order valence-electron chi connectivity index (χ3n) is 6.30. The quantitative estimate of drug-likeness (QED) is 0.531. The minimum absolute atomic E-state index is 0.0170. The molecule has 0 radical (unpaired) electrons. The molecule has 1 fully saturated rings. The molecule has 6 nitrogen and oxygen atoms in total. The molecule has 1 heterocycles. The Balaban J connectivity index is 3.24. The second kappa shape index (κ2) is 8.09. The Bertz CT molecular complexity index is 626. The van der Waals surface area contributed by atoms with Gasteiger partial charge in [0, 0.05) is 0 Å². The molecular formula is C21H43NO5Si2. The molecule has 170 valence electrons. The van der Waals surface area contributed by atoms with Crippen LogP contribution in [-0.2, 0) is 18.4 Å². The molecule has 1 aliphatic heterocycles. The molecule has 2 amide bonds. The summed E-state index contributed by atoms with van der Waals surface area (Å²) in [5.74, 6) is -0.354. The zero-order valence-corrected chi connectivity index (χ0v) is 22.9. The zero-order chi connectivity index (χ0) is 23.2. The lowest BCUT2D eigenvalue weighted by atomic mass is 10.2.